The number of thiophene rings is 1. The number of halogens is 1. The predicted molar refractivity (Wildman–Crippen MR) is 74.6 cm³/mol. The van der Waals surface area contributed by atoms with Crippen molar-refractivity contribution in [2.45, 2.75) is 0 Å². The summed E-state index contributed by atoms with van der Waals surface area (Å²) in [5.41, 5.74) is 6.41. The Balaban J connectivity index is 2.15. The fraction of sp³-hybridized carbons (Fsp3) is 0.0714. The lowest BCUT2D eigenvalue weighted by atomic mass is 10.2. The van der Waals surface area contributed by atoms with Crippen LogP contribution in [0.3, 0.4) is 0 Å². The maximum Gasteiger partial charge on any atom is 0.256 e. The number of hydrogen-bond donors (Lipinski definition) is 2. The number of benzene rings is 1. The molecule has 0 aliphatic rings. The number of amides is 1. The van der Waals surface area contributed by atoms with E-state index in [1.54, 1.807) is 22.9 Å². The van der Waals surface area contributed by atoms with E-state index >= 15 is 0 Å². The number of anilines is 1. The van der Waals surface area contributed by atoms with Crippen molar-refractivity contribution in [2.75, 3.05) is 11.9 Å². The first-order valence-electron chi connectivity index (χ1n) is 5.53. The normalized spacial score (nSPS) is 9.58. The Kier molecular flexibility index (Phi) is 4.29. The molecule has 0 spiro atoms. The van der Waals surface area contributed by atoms with Gasteiger partial charge in [-0.15, -0.1) is 0 Å². The molecule has 96 valence electrons. The molecule has 1 aromatic heterocycles. The minimum Gasteiger partial charge on any atom is -0.320 e. The van der Waals surface area contributed by atoms with Crippen molar-refractivity contribution in [3.8, 4) is 11.8 Å². The van der Waals surface area contributed by atoms with Gasteiger partial charge in [-0.05, 0) is 29.6 Å². The zero-order valence-corrected chi connectivity index (χ0v) is 10.8. The standard InChI is InChI=1S/C14H11FN2OS/c15-12-8-10(2-1-6-16)3-4-13(12)17-14(18)11-5-7-19-9-11/h3-5,7-9H,6,16H2,(H,17,18). The number of hydrogen-bond acceptors (Lipinski definition) is 3. The van der Waals surface area contributed by atoms with Crippen molar-refractivity contribution in [2.24, 2.45) is 5.73 Å². The van der Waals surface area contributed by atoms with Gasteiger partial charge in [0.2, 0.25) is 0 Å². The van der Waals surface area contributed by atoms with Crippen molar-refractivity contribution in [1.29, 1.82) is 0 Å². The molecule has 19 heavy (non-hydrogen) atoms. The third-order valence-electron chi connectivity index (χ3n) is 2.34. The quantitative estimate of drug-likeness (QED) is 0.826. The number of nitrogens with one attached hydrogen (secondary N) is 1. The van der Waals surface area contributed by atoms with Crippen LogP contribution in [0.2, 0.25) is 0 Å². The number of rotatable bonds is 2. The van der Waals surface area contributed by atoms with Crippen LogP contribution in [0.1, 0.15) is 15.9 Å². The van der Waals surface area contributed by atoms with Gasteiger partial charge < -0.3 is 11.1 Å². The molecule has 0 aliphatic carbocycles. The highest BCUT2D eigenvalue weighted by atomic mass is 32.1. The maximum atomic E-state index is 13.8. The van der Waals surface area contributed by atoms with Gasteiger partial charge >= 0.3 is 0 Å². The molecule has 0 atom stereocenters. The van der Waals surface area contributed by atoms with Crippen molar-refractivity contribution in [1.82, 2.24) is 0 Å². The van der Waals surface area contributed by atoms with Crippen LogP contribution >= 0.6 is 11.3 Å². The van der Waals surface area contributed by atoms with Gasteiger partial charge in [0.1, 0.15) is 5.82 Å². The molecule has 1 amide bonds. The van der Waals surface area contributed by atoms with E-state index in [1.165, 1.54) is 23.5 Å². The fourth-order valence-corrected chi connectivity index (χ4v) is 2.07. The van der Waals surface area contributed by atoms with Gasteiger partial charge in [0.25, 0.3) is 5.91 Å². The van der Waals surface area contributed by atoms with Crippen molar-refractivity contribution >= 4 is 22.9 Å². The molecule has 1 heterocycles. The third-order valence-corrected chi connectivity index (χ3v) is 3.02. The molecule has 5 heteroatoms. The average Bonchev–Trinajstić information content (AvgIpc) is 2.93. The van der Waals surface area contributed by atoms with Crippen molar-refractivity contribution < 1.29 is 9.18 Å². The number of carbonyl (C=O) groups is 1. The Morgan fingerprint density at radius 3 is 2.89 bits per heavy atom. The first kappa shape index (κ1) is 13.3. The van der Waals surface area contributed by atoms with Gasteiger partial charge in [0.15, 0.2) is 0 Å². The Morgan fingerprint density at radius 1 is 1.42 bits per heavy atom. The molecule has 0 fully saturated rings. The summed E-state index contributed by atoms with van der Waals surface area (Å²) in [6, 6.07) is 6.07. The summed E-state index contributed by atoms with van der Waals surface area (Å²) in [4.78, 5) is 11.8. The van der Waals surface area contributed by atoms with Crippen LogP contribution in [0, 0.1) is 17.7 Å². The lowest BCUT2D eigenvalue weighted by Gasteiger charge is -2.05. The summed E-state index contributed by atoms with van der Waals surface area (Å²) in [6.45, 7) is 0.220. The third kappa shape index (κ3) is 3.41. The van der Waals surface area contributed by atoms with E-state index in [4.69, 9.17) is 5.73 Å². The topological polar surface area (TPSA) is 55.1 Å². The fourth-order valence-electron chi connectivity index (χ4n) is 1.44. The molecular weight excluding hydrogens is 263 g/mol. The van der Waals surface area contributed by atoms with E-state index in [2.05, 4.69) is 17.2 Å². The molecule has 3 N–H and O–H groups in total. The van der Waals surface area contributed by atoms with E-state index in [9.17, 15) is 9.18 Å². The summed E-state index contributed by atoms with van der Waals surface area (Å²) in [7, 11) is 0. The van der Waals surface area contributed by atoms with E-state index < -0.39 is 5.82 Å². The second-order valence-electron chi connectivity index (χ2n) is 3.67. The molecular formula is C14H11FN2OS. The minimum atomic E-state index is -0.521. The van der Waals surface area contributed by atoms with Gasteiger partial charge in [-0.25, -0.2) is 4.39 Å². The number of carbonyl (C=O) groups excluding carboxylic acids is 1. The Morgan fingerprint density at radius 2 is 2.26 bits per heavy atom. The van der Waals surface area contributed by atoms with Gasteiger partial charge in [-0.1, -0.05) is 11.8 Å². The summed E-state index contributed by atoms with van der Waals surface area (Å²) >= 11 is 1.41. The smallest absolute Gasteiger partial charge is 0.256 e. The van der Waals surface area contributed by atoms with Crippen LogP contribution in [0.5, 0.6) is 0 Å². The largest absolute Gasteiger partial charge is 0.320 e. The molecule has 0 saturated carbocycles. The zero-order valence-electron chi connectivity index (χ0n) is 9.94. The van der Waals surface area contributed by atoms with Crippen LogP contribution in [0.4, 0.5) is 10.1 Å². The molecule has 0 radical (unpaired) electrons. The van der Waals surface area contributed by atoms with Crippen LogP contribution < -0.4 is 11.1 Å². The van der Waals surface area contributed by atoms with Gasteiger partial charge in [-0.2, -0.15) is 11.3 Å². The zero-order chi connectivity index (χ0) is 13.7. The molecule has 0 saturated heterocycles. The van der Waals surface area contributed by atoms with Gasteiger partial charge in [0.05, 0.1) is 17.8 Å². The highest BCUT2D eigenvalue weighted by molar-refractivity contribution is 7.08. The van der Waals surface area contributed by atoms with Crippen LogP contribution in [-0.4, -0.2) is 12.5 Å². The Labute approximate surface area is 114 Å². The molecule has 2 aromatic rings. The summed E-state index contributed by atoms with van der Waals surface area (Å²) in [5, 5.41) is 6.01. The highest BCUT2D eigenvalue weighted by Gasteiger charge is 2.09. The maximum absolute atomic E-state index is 13.8. The first-order valence-corrected chi connectivity index (χ1v) is 6.47. The lowest BCUT2D eigenvalue weighted by Crippen LogP contribution is -2.12. The molecule has 0 bridgehead atoms. The monoisotopic (exact) mass is 274 g/mol. The predicted octanol–water partition coefficient (Wildman–Crippen LogP) is 2.45. The summed E-state index contributed by atoms with van der Waals surface area (Å²) in [6.07, 6.45) is 0. The van der Waals surface area contributed by atoms with E-state index in [1.807, 2.05) is 0 Å². The van der Waals surface area contributed by atoms with Crippen LogP contribution in [0.15, 0.2) is 35.0 Å². The lowest BCUT2D eigenvalue weighted by molar-refractivity contribution is 0.102. The molecule has 3 nitrogen and oxygen atoms in total. The van der Waals surface area contributed by atoms with E-state index in [0.717, 1.165) is 0 Å². The Bertz CT molecular complexity index is 641. The molecule has 0 aliphatic heterocycles. The summed E-state index contributed by atoms with van der Waals surface area (Å²) < 4.78 is 13.8. The van der Waals surface area contributed by atoms with Gasteiger partial charge in [-0.3, -0.25) is 4.79 Å². The van der Waals surface area contributed by atoms with Crippen LogP contribution in [-0.2, 0) is 0 Å². The summed E-state index contributed by atoms with van der Waals surface area (Å²) in [5.74, 6) is 4.51. The second-order valence-corrected chi connectivity index (χ2v) is 4.45. The van der Waals surface area contributed by atoms with Crippen molar-refractivity contribution in [3.63, 3.8) is 0 Å². The average molecular weight is 274 g/mol. The van der Waals surface area contributed by atoms with Gasteiger partial charge in [0, 0.05) is 10.9 Å². The molecule has 2 rings (SSSR count). The van der Waals surface area contributed by atoms with E-state index in [-0.39, 0.29) is 18.1 Å². The Hall–Kier alpha value is -2.16. The molecule has 0 unspecified atom stereocenters. The highest BCUT2D eigenvalue weighted by Crippen LogP contribution is 2.17. The second kappa shape index (κ2) is 6.14. The number of nitrogens with two attached hydrogens (primary N) is 1. The SMILES string of the molecule is NCC#Cc1ccc(NC(=O)c2ccsc2)c(F)c1. The minimum absolute atomic E-state index is 0.134. The van der Waals surface area contributed by atoms with E-state index in [0.29, 0.717) is 11.1 Å². The van der Waals surface area contributed by atoms with Crippen LogP contribution in [0.25, 0.3) is 0 Å². The van der Waals surface area contributed by atoms with Crippen molar-refractivity contribution in [3.05, 3.63) is 52.0 Å². The molecule has 1 aromatic carbocycles. The first-order chi connectivity index (χ1) is 9.20.